The summed E-state index contributed by atoms with van der Waals surface area (Å²) in [7, 11) is 0. The molecule has 2 aliphatic rings. The van der Waals surface area contributed by atoms with Crippen molar-refractivity contribution in [2.45, 2.75) is 30.6 Å². The first-order chi connectivity index (χ1) is 34.5. The van der Waals surface area contributed by atoms with Crippen molar-refractivity contribution in [1.82, 2.24) is 0 Å². The molecule has 70 heavy (non-hydrogen) atoms. The summed E-state index contributed by atoms with van der Waals surface area (Å²) >= 11 is 0. The summed E-state index contributed by atoms with van der Waals surface area (Å²) in [5.41, 5.74) is 22.5. The Morgan fingerprint density at radius 3 is 1.63 bits per heavy atom. The van der Waals surface area contributed by atoms with Gasteiger partial charge in [-0.2, -0.15) is 0 Å². The Hall–Kier alpha value is -8.52. The highest BCUT2D eigenvalue weighted by atomic mass is 16.3. The first-order valence-corrected chi connectivity index (χ1v) is 24.6. The molecule has 0 saturated heterocycles. The van der Waals surface area contributed by atoms with E-state index >= 15 is 0 Å². The van der Waals surface area contributed by atoms with Crippen LogP contribution < -0.4 is 0 Å². The molecular formula is C69H48O. The summed E-state index contributed by atoms with van der Waals surface area (Å²) in [6.07, 6.45) is 0. The second kappa shape index (κ2) is 15.5. The van der Waals surface area contributed by atoms with Crippen LogP contribution in [0, 0.1) is 0 Å². The van der Waals surface area contributed by atoms with E-state index in [0.717, 1.165) is 33.1 Å². The SMILES string of the molecule is CC1(C)c2ccccc2-c2ccc(-c3c4ccccc4cc4c3oc3c(C(c5ccc(-c6ccccc6)cc5)c5ccc6c(c5)C(c5ccccc5)(c5ccccc5)c5ccccc5-6)cccc34)cc21. The maximum atomic E-state index is 7.55. The van der Waals surface area contributed by atoms with Crippen molar-refractivity contribution in [2.75, 3.05) is 0 Å². The molecule has 0 spiro atoms. The van der Waals surface area contributed by atoms with Crippen LogP contribution in [0.3, 0.4) is 0 Å². The fourth-order valence-electron chi connectivity index (χ4n) is 12.7. The van der Waals surface area contributed by atoms with E-state index < -0.39 is 5.41 Å². The highest BCUT2D eigenvalue weighted by Crippen LogP contribution is 2.57. The zero-order chi connectivity index (χ0) is 46.6. The molecule has 11 aromatic carbocycles. The van der Waals surface area contributed by atoms with Gasteiger partial charge in [-0.1, -0.05) is 250 Å². The summed E-state index contributed by atoms with van der Waals surface area (Å²) < 4.78 is 7.55. The van der Waals surface area contributed by atoms with Gasteiger partial charge in [0, 0.05) is 33.2 Å². The van der Waals surface area contributed by atoms with Crippen molar-refractivity contribution in [1.29, 1.82) is 0 Å². The van der Waals surface area contributed by atoms with Gasteiger partial charge in [0.15, 0.2) is 0 Å². The Balaban J connectivity index is 1.02. The first kappa shape index (κ1) is 40.5. The van der Waals surface area contributed by atoms with Crippen LogP contribution in [-0.4, -0.2) is 0 Å². The molecule has 1 unspecified atom stereocenters. The van der Waals surface area contributed by atoms with Gasteiger partial charge >= 0.3 is 0 Å². The van der Waals surface area contributed by atoms with Gasteiger partial charge in [0.2, 0.25) is 0 Å². The molecule has 12 aromatic rings. The predicted molar refractivity (Wildman–Crippen MR) is 291 cm³/mol. The van der Waals surface area contributed by atoms with Gasteiger partial charge < -0.3 is 4.42 Å². The Labute approximate surface area is 409 Å². The lowest BCUT2D eigenvalue weighted by Crippen LogP contribution is -2.28. The van der Waals surface area contributed by atoms with Crippen LogP contribution in [-0.2, 0) is 10.8 Å². The number of rotatable bonds is 7. The van der Waals surface area contributed by atoms with Crippen molar-refractivity contribution in [2.24, 2.45) is 0 Å². The number of furan rings is 1. The van der Waals surface area contributed by atoms with Crippen molar-refractivity contribution in [3.8, 4) is 44.5 Å². The van der Waals surface area contributed by atoms with Gasteiger partial charge in [-0.05, 0) is 106 Å². The van der Waals surface area contributed by atoms with E-state index in [0.29, 0.717) is 0 Å². The summed E-state index contributed by atoms with van der Waals surface area (Å²) in [5, 5.41) is 4.64. The summed E-state index contributed by atoms with van der Waals surface area (Å²) in [5.74, 6) is -0.162. The number of hydrogen-bond acceptors (Lipinski definition) is 1. The normalized spacial score (nSPS) is 14.3. The number of benzene rings is 11. The van der Waals surface area contributed by atoms with Crippen LogP contribution in [0.15, 0.2) is 253 Å². The first-order valence-electron chi connectivity index (χ1n) is 24.6. The maximum absolute atomic E-state index is 7.55. The Bertz CT molecular complexity index is 3970. The smallest absolute Gasteiger partial charge is 0.143 e. The van der Waals surface area contributed by atoms with Crippen LogP contribution in [0.25, 0.3) is 77.2 Å². The third-order valence-corrected chi connectivity index (χ3v) is 15.9. The van der Waals surface area contributed by atoms with Crippen LogP contribution in [0.5, 0.6) is 0 Å². The molecule has 0 saturated carbocycles. The van der Waals surface area contributed by atoms with Gasteiger partial charge in [0.25, 0.3) is 0 Å². The summed E-state index contributed by atoms with van der Waals surface area (Å²) in [4.78, 5) is 0. The highest BCUT2D eigenvalue weighted by molar-refractivity contribution is 6.19. The molecule has 2 aliphatic carbocycles. The van der Waals surface area contributed by atoms with Crippen LogP contribution in [0.1, 0.15) is 69.8 Å². The third kappa shape index (κ3) is 5.85. The molecule has 1 atom stereocenters. The third-order valence-electron chi connectivity index (χ3n) is 15.9. The lowest BCUT2D eigenvalue weighted by Gasteiger charge is -2.34. The molecule has 14 rings (SSSR count). The quantitative estimate of drug-likeness (QED) is 0.145. The second-order valence-corrected chi connectivity index (χ2v) is 19.9. The molecule has 0 fully saturated rings. The number of hydrogen-bond donors (Lipinski definition) is 0. The summed E-state index contributed by atoms with van der Waals surface area (Å²) in [6, 6.07) is 92.4. The average Bonchev–Trinajstić information content (AvgIpc) is 4.02. The van der Waals surface area contributed by atoms with Crippen LogP contribution in [0.4, 0.5) is 0 Å². The lowest BCUT2D eigenvalue weighted by atomic mass is 9.67. The van der Waals surface area contributed by atoms with E-state index in [1.165, 1.54) is 94.2 Å². The zero-order valence-electron chi connectivity index (χ0n) is 39.2. The molecule has 0 bridgehead atoms. The van der Waals surface area contributed by atoms with E-state index in [9.17, 15) is 0 Å². The van der Waals surface area contributed by atoms with E-state index in [1.54, 1.807) is 0 Å². The maximum Gasteiger partial charge on any atom is 0.143 e. The molecule has 330 valence electrons. The van der Waals surface area contributed by atoms with Crippen molar-refractivity contribution < 1.29 is 4.42 Å². The fraction of sp³-hybridized carbons (Fsp3) is 0.0725. The monoisotopic (exact) mass is 892 g/mol. The Morgan fingerprint density at radius 2 is 0.886 bits per heavy atom. The molecule has 1 nitrogen and oxygen atoms in total. The number of para-hydroxylation sites is 1. The van der Waals surface area contributed by atoms with E-state index in [-0.39, 0.29) is 11.3 Å². The van der Waals surface area contributed by atoms with Crippen LogP contribution in [0.2, 0.25) is 0 Å². The summed E-state index contributed by atoms with van der Waals surface area (Å²) in [6.45, 7) is 4.73. The molecule has 0 amide bonds. The Morgan fingerprint density at radius 1 is 0.343 bits per heavy atom. The van der Waals surface area contributed by atoms with Gasteiger partial charge in [0.1, 0.15) is 11.2 Å². The van der Waals surface area contributed by atoms with Crippen LogP contribution >= 0.6 is 0 Å². The van der Waals surface area contributed by atoms with Gasteiger partial charge in [0.05, 0.1) is 5.41 Å². The molecule has 1 heteroatoms. The van der Waals surface area contributed by atoms with Gasteiger partial charge in [-0.3, -0.25) is 0 Å². The lowest BCUT2D eigenvalue weighted by molar-refractivity contribution is 0.659. The average molecular weight is 893 g/mol. The zero-order valence-corrected chi connectivity index (χ0v) is 39.2. The van der Waals surface area contributed by atoms with Gasteiger partial charge in [-0.15, -0.1) is 0 Å². The van der Waals surface area contributed by atoms with E-state index in [1.807, 2.05) is 0 Å². The Kier molecular flexibility index (Phi) is 8.98. The second-order valence-electron chi connectivity index (χ2n) is 19.9. The molecule has 0 N–H and O–H groups in total. The predicted octanol–water partition coefficient (Wildman–Crippen LogP) is 17.9. The molecule has 1 aromatic heterocycles. The van der Waals surface area contributed by atoms with E-state index in [2.05, 4.69) is 263 Å². The number of fused-ring (bicyclic) bond motifs is 10. The van der Waals surface area contributed by atoms with Crippen molar-refractivity contribution in [3.05, 3.63) is 299 Å². The van der Waals surface area contributed by atoms with Crippen molar-refractivity contribution >= 4 is 32.7 Å². The minimum absolute atomic E-state index is 0.133. The van der Waals surface area contributed by atoms with E-state index in [4.69, 9.17) is 4.42 Å². The minimum Gasteiger partial charge on any atom is -0.455 e. The topological polar surface area (TPSA) is 13.1 Å². The minimum atomic E-state index is -0.529. The molecular weight excluding hydrogens is 845 g/mol. The highest BCUT2D eigenvalue weighted by Gasteiger charge is 2.46. The van der Waals surface area contributed by atoms with Crippen molar-refractivity contribution in [3.63, 3.8) is 0 Å². The molecule has 1 heterocycles. The molecule has 0 aliphatic heterocycles. The molecule has 0 radical (unpaired) electrons. The fourth-order valence-corrected chi connectivity index (χ4v) is 12.7. The standard InChI is InChI=1S/C69H48O/c1-68(2)60-31-16-14-27-53(60)55-39-38-49(42-62(55)68)65-52-26-13-12-21-47(52)41-59-57-29-18-30-58(66(57)70-67(59)65)64(46-35-33-45(34-36-46)44-19-6-3-7-20-44)48-37-40-56-54-28-15-17-32-61(54)69(63(56)43-48,50-22-8-4-9-23-50)51-24-10-5-11-25-51/h3-43,64H,1-2H3. The van der Waals surface area contributed by atoms with Gasteiger partial charge in [-0.25, -0.2) is 0 Å². The largest absolute Gasteiger partial charge is 0.455 e.